The van der Waals surface area contributed by atoms with Crippen molar-refractivity contribution in [2.24, 2.45) is 5.92 Å². The second-order valence-electron chi connectivity index (χ2n) is 4.97. The molecule has 2 fully saturated rings. The van der Waals surface area contributed by atoms with Gasteiger partial charge in [0.1, 0.15) is 6.04 Å². The molecule has 2 aliphatic rings. The highest BCUT2D eigenvalue weighted by Crippen LogP contribution is 2.25. The molecule has 2 rings (SSSR count). The minimum Gasteiger partial charge on any atom is -0.481 e. The first kappa shape index (κ1) is 14.2. The van der Waals surface area contributed by atoms with Gasteiger partial charge in [0.05, 0.1) is 11.8 Å². The van der Waals surface area contributed by atoms with Crippen molar-refractivity contribution in [2.45, 2.75) is 25.8 Å². The Morgan fingerprint density at radius 3 is 2.68 bits per heavy atom. The van der Waals surface area contributed by atoms with E-state index in [0.29, 0.717) is 31.0 Å². The number of carbonyl (C=O) groups excluding carboxylic acids is 2. The van der Waals surface area contributed by atoms with Crippen molar-refractivity contribution in [2.75, 3.05) is 24.7 Å². The zero-order valence-corrected chi connectivity index (χ0v) is 11.7. The van der Waals surface area contributed by atoms with Gasteiger partial charge in [-0.15, -0.1) is 11.8 Å². The van der Waals surface area contributed by atoms with Gasteiger partial charge in [0.15, 0.2) is 0 Å². The average Bonchev–Trinajstić information content (AvgIpc) is 2.87. The van der Waals surface area contributed by atoms with Gasteiger partial charge in [-0.05, 0) is 12.8 Å². The lowest BCUT2D eigenvalue weighted by atomic mass is 9.97. The summed E-state index contributed by atoms with van der Waals surface area (Å²) in [7, 11) is 0. The number of hydrogen-bond acceptors (Lipinski definition) is 4. The molecule has 0 bridgehead atoms. The summed E-state index contributed by atoms with van der Waals surface area (Å²) in [6, 6.07) is -0.421. The van der Waals surface area contributed by atoms with E-state index < -0.39 is 17.9 Å². The number of amides is 2. The number of carboxylic acids is 1. The summed E-state index contributed by atoms with van der Waals surface area (Å²) in [5.41, 5.74) is 0. The SMILES string of the molecule is CC(=O)N1CSCC1C(=O)N1CCCC(C(=O)O)C1. The van der Waals surface area contributed by atoms with Crippen molar-refractivity contribution in [3.05, 3.63) is 0 Å². The van der Waals surface area contributed by atoms with Crippen LogP contribution in [0, 0.1) is 5.92 Å². The van der Waals surface area contributed by atoms with Crippen LogP contribution >= 0.6 is 11.8 Å². The molecule has 0 aromatic rings. The lowest BCUT2D eigenvalue weighted by Gasteiger charge is -2.34. The van der Waals surface area contributed by atoms with E-state index in [2.05, 4.69) is 0 Å². The number of carboxylic acid groups (broad SMARTS) is 1. The summed E-state index contributed by atoms with van der Waals surface area (Å²) in [6.07, 6.45) is 1.33. The average molecular weight is 286 g/mol. The van der Waals surface area contributed by atoms with Crippen LogP contribution in [-0.4, -0.2) is 63.5 Å². The summed E-state index contributed by atoms with van der Waals surface area (Å²) in [5, 5.41) is 9.04. The van der Waals surface area contributed by atoms with Gasteiger partial charge in [-0.25, -0.2) is 0 Å². The second kappa shape index (κ2) is 5.81. The highest BCUT2D eigenvalue weighted by atomic mass is 32.2. The topological polar surface area (TPSA) is 77.9 Å². The first-order chi connectivity index (χ1) is 9.00. The molecule has 0 aromatic heterocycles. The fourth-order valence-corrected chi connectivity index (χ4v) is 3.76. The van der Waals surface area contributed by atoms with E-state index >= 15 is 0 Å². The molecule has 19 heavy (non-hydrogen) atoms. The van der Waals surface area contributed by atoms with Gasteiger partial charge in [-0.1, -0.05) is 0 Å². The molecule has 0 aromatic carbocycles. The number of nitrogens with zero attached hydrogens (tertiary/aromatic N) is 2. The highest BCUT2D eigenvalue weighted by molar-refractivity contribution is 7.99. The van der Waals surface area contributed by atoms with Crippen molar-refractivity contribution in [3.63, 3.8) is 0 Å². The Bertz CT molecular complexity index is 401. The first-order valence-electron chi connectivity index (χ1n) is 6.37. The zero-order valence-electron chi connectivity index (χ0n) is 10.9. The maximum atomic E-state index is 12.4. The Hall–Kier alpha value is -1.24. The smallest absolute Gasteiger partial charge is 0.308 e. The number of likely N-dealkylation sites (tertiary alicyclic amines) is 1. The van der Waals surface area contributed by atoms with Crippen molar-refractivity contribution in [1.29, 1.82) is 0 Å². The van der Waals surface area contributed by atoms with Gasteiger partial charge in [-0.2, -0.15) is 0 Å². The molecule has 1 N–H and O–H groups in total. The van der Waals surface area contributed by atoms with E-state index in [9.17, 15) is 14.4 Å². The van der Waals surface area contributed by atoms with Crippen LogP contribution in [-0.2, 0) is 14.4 Å². The van der Waals surface area contributed by atoms with E-state index in [1.807, 2.05) is 0 Å². The van der Waals surface area contributed by atoms with E-state index in [4.69, 9.17) is 5.11 Å². The van der Waals surface area contributed by atoms with Crippen LogP contribution in [0.4, 0.5) is 0 Å². The van der Waals surface area contributed by atoms with Gasteiger partial charge in [0.2, 0.25) is 11.8 Å². The van der Waals surface area contributed by atoms with Crippen LogP contribution in [0.5, 0.6) is 0 Å². The lowest BCUT2D eigenvalue weighted by Crippen LogP contribution is -2.51. The Morgan fingerprint density at radius 2 is 2.05 bits per heavy atom. The fourth-order valence-electron chi connectivity index (χ4n) is 2.55. The molecular weight excluding hydrogens is 268 g/mol. The summed E-state index contributed by atoms with van der Waals surface area (Å²) < 4.78 is 0. The fraction of sp³-hybridized carbons (Fsp3) is 0.750. The van der Waals surface area contributed by atoms with Crippen LogP contribution < -0.4 is 0 Å². The number of carbonyl (C=O) groups is 3. The van der Waals surface area contributed by atoms with E-state index in [1.54, 1.807) is 21.6 Å². The van der Waals surface area contributed by atoms with Gasteiger partial charge in [0, 0.05) is 25.8 Å². The molecule has 2 saturated heterocycles. The van der Waals surface area contributed by atoms with Crippen LogP contribution in [0.25, 0.3) is 0 Å². The van der Waals surface area contributed by atoms with Crippen LogP contribution in [0.2, 0.25) is 0 Å². The molecule has 2 amide bonds. The molecule has 0 saturated carbocycles. The van der Waals surface area contributed by atoms with Gasteiger partial charge in [0.25, 0.3) is 0 Å². The predicted octanol–water partition coefficient (Wildman–Crippen LogP) is 0.231. The summed E-state index contributed by atoms with van der Waals surface area (Å²) in [4.78, 5) is 38.1. The standard InChI is InChI=1S/C12H18N2O4S/c1-8(15)14-7-19-6-10(14)11(16)13-4-2-3-9(5-13)12(17)18/h9-10H,2-7H2,1H3,(H,17,18). The molecule has 0 radical (unpaired) electrons. The number of piperidine rings is 1. The number of rotatable bonds is 2. The number of thioether (sulfide) groups is 1. The maximum Gasteiger partial charge on any atom is 0.308 e. The van der Waals surface area contributed by atoms with E-state index in [-0.39, 0.29) is 18.4 Å². The van der Waals surface area contributed by atoms with Crippen LogP contribution in [0.1, 0.15) is 19.8 Å². The molecule has 2 unspecified atom stereocenters. The Balaban J connectivity index is 2.02. The highest BCUT2D eigenvalue weighted by Gasteiger charge is 2.38. The summed E-state index contributed by atoms with van der Waals surface area (Å²) in [6.45, 7) is 2.32. The first-order valence-corrected chi connectivity index (χ1v) is 7.52. The predicted molar refractivity (Wildman–Crippen MR) is 70.6 cm³/mol. The van der Waals surface area contributed by atoms with Crippen LogP contribution in [0.3, 0.4) is 0 Å². The molecule has 2 atom stereocenters. The van der Waals surface area contributed by atoms with Crippen molar-refractivity contribution in [1.82, 2.24) is 9.80 Å². The quantitative estimate of drug-likeness (QED) is 0.786. The monoisotopic (exact) mass is 286 g/mol. The third kappa shape index (κ3) is 3.02. The van der Waals surface area contributed by atoms with Crippen molar-refractivity contribution >= 4 is 29.5 Å². The molecule has 2 heterocycles. The molecule has 106 valence electrons. The summed E-state index contributed by atoms with van der Waals surface area (Å²) >= 11 is 1.56. The summed E-state index contributed by atoms with van der Waals surface area (Å²) in [5.74, 6) is -0.380. The molecule has 7 heteroatoms. The third-order valence-corrected chi connectivity index (χ3v) is 4.67. The minimum absolute atomic E-state index is 0.102. The molecule has 6 nitrogen and oxygen atoms in total. The van der Waals surface area contributed by atoms with E-state index in [1.165, 1.54) is 6.92 Å². The van der Waals surface area contributed by atoms with E-state index in [0.717, 1.165) is 0 Å². The van der Waals surface area contributed by atoms with Crippen molar-refractivity contribution in [3.8, 4) is 0 Å². The zero-order chi connectivity index (χ0) is 14.0. The number of hydrogen-bond donors (Lipinski definition) is 1. The lowest BCUT2D eigenvalue weighted by molar-refractivity contribution is -0.149. The minimum atomic E-state index is -0.846. The number of aliphatic carboxylic acids is 1. The Morgan fingerprint density at radius 1 is 1.32 bits per heavy atom. The largest absolute Gasteiger partial charge is 0.481 e. The maximum absolute atomic E-state index is 12.4. The second-order valence-corrected chi connectivity index (χ2v) is 5.97. The molecule has 0 aliphatic carbocycles. The third-order valence-electron chi connectivity index (χ3n) is 3.65. The normalized spacial score (nSPS) is 27.4. The van der Waals surface area contributed by atoms with Gasteiger partial charge < -0.3 is 14.9 Å². The Kier molecular flexibility index (Phi) is 4.34. The van der Waals surface area contributed by atoms with Gasteiger partial charge >= 0.3 is 5.97 Å². The Labute approximate surface area is 116 Å². The van der Waals surface area contributed by atoms with Gasteiger partial charge in [-0.3, -0.25) is 14.4 Å². The molecule has 0 spiro atoms. The molecular formula is C12H18N2O4S. The van der Waals surface area contributed by atoms with Crippen molar-refractivity contribution < 1.29 is 19.5 Å². The van der Waals surface area contributed by atoms with Crippen LogP contribution in [0.15, 0.2) is 0 Å². The molecule has 2 aliphatic heterocycles.